The lowest BCUT2D eigenvalue weighted by molar-refractivity contribution is 0.628. The Morgan fingerprint density at radius 1 is 1.38 bits per heavy atom. The highest BCUT2D eigenvalue weighted by Gasteiger charge is 2.03. The Morgan fingerprint density at radius 2 is 2.23 bits per heavy atom. The smallest absolute Gasteiger partial charge is 0.124 e. The molecule has 13 heavy (non-hydrogen) atoms. The van der Waals surface area contributed by atoms with Crippen molar-refractivity contribution in [2.45, 2.75) is 5.88 Å². The third-order valence-corrected chi connectivity index (χ3v) is 2.18. The van der Waals surface area contributed by atoms with Gasteiger partial charge in [0.25, 0.3) is 0 Å². The number of nitrogens with zero attached hydrogens (tertiary/aromatic N) is 1. The third kappa shape index (κ3) is 1.49. The van der Waals surface area contributed by atoms with Gasteiger partial charge < -0.3 is 0 Å². The fraction of sp³-hybridized carbons (Fsp3) is 0.100. The van der Waals surface area contributed by atoms with Crippen molar-refractivity contribution < 1.29 is 4.39 Å². The molecule has 0 unspecified atom stereocenters. The summed E-state index contributed by atoms with van der Waals surface area (Å²) in [6.07, 6.45) is 1.68. The Labute approximate surface area is 80.2 Å². The summed E-state index contributed by atoms with van der Waals surface area (Å²) in [5.74, 6) is 0.0156. The molecule has 0 aliphatic carbocycles. The highest BCUT2D eigenvalue weighted by molar-refractivity contribution is 6.17. The van der Waals surface area contributed by atoms with Gasteiger partial charge >= 0.3 is 0 Å². The molecule has 3 heteroatoms. The van der Waals surface area contributed by atoms with Gasteiger partial charge in [-0.3, -0.25) is 4.98 Å². The summed E-state index contributed by atoms with van der Waals surface area (Å²) < 4.78 is 13.0. The topological polar surface area (TPSA) is 12.9 Å². The first-order valence-electron chi connectivity index (χ1n) is 3.90. The average molecular weight is 196 g/mol. The summed E-state index contributed by atoms with van der Waals surface area (Å²) in [7, 11) is 0. The van der Waals surface area contributed by atoms with Crippen LogP contribution in [0.1, 0.15) is 5.56 Å². The molecule has 2 rings (SSSR count). The Morgan fingerprint density at radius 3 is 3.00 bits per heavy atom. The molecule has 0 amide bonds. The third-order valence-electron chi connectivity index (χ3n) is 1.89. The average Bonchev–Trinajstić information content (AvgIpc) is 2.16. The van der Waals surface area contributed by atoms with Crippen molar-refractivity contribution in [2.24, 2.45) is 0 Å². The van der Waals surface area contributed by atoms with Crippen LogP contribution in [-0.2, 0) is 5.88 Å². The minimum Gasteiger partial charge on any atom is -0.256 e. The molecule has 0 aliphatic heterocycles. The number of aromatic nitrogens is 1. The predicted molar refractivity (Wildman–Crippen MR) is 51.3 cm³/mol. The molecule has 0 atom stereocenters. The molecule has 1 heterocycles. The van der Waals surface area contributed by atoms with Crippen LogP contribution in [0.15, 0.2) is 30.5 Å². The molecule has 0 N–H and O–H groups in total. The largest absolute Gasteiger partial charge is 0.256 e. The van der Waals surface area contributed by atoms with Crippen molar-refractivity contribution in [1.82, 2.24) is 4.98 Å². The van der Waals surface area contributed by atoms with Crippen LogP contribution in [0.2, 0.25) is 0 Å². The van der Waals surface area contributed by atoms with E-state index in [4.69, 9.17) is 11.6 Å². The number of benzene rings is 1. The van der Waals surface area contributed by atoms with Crippen LogP contribution in [0.3, 0.4) is 0 Å². The highest BCUT2D eigenvalue weighted by Crippen LogP contribution is 2.19. The second-order valence-electron chi connectivity index (χ2n) is 2.77. The van der Waals surface area contributed by atoms with Crippen molar-refractivity contribution >= 4 is 22.5 Å². The molecule has 1 nitrogen and oxygen atoms in total. The van der Waals surface area contributed by atoms with E-state index in [0.717, 1.165) is 16.5 Å². The first-order chi connectivity index (χ1) is 6.31. The zero-order chi connectivity index (χ0) is 9.26. The number of alkyl halides is 1. The molecule has 0 radical (unpaired) electrons. The van der Waals surface area contributed by atoms with Crippen LogP contribution >= 0.6 is 11.6 Å². The van der Waals surface area contributed by atoms with Crippen LogP contribution in [-0.4, -0.2) is 4.98 Å². The maximum absolute atomic E-state index is 13.0. The van der Waals surface area contributed by atoms with Gasteiger partial charge in [-0.25, -0.2) is 4.39 Å². The van der Waals surface area contributed by atoms with Gasteiger partial charge in [0, 0.05) is 17.5 Å². The normalized spacial score (nSPS) is 10.6. The lowest BCUT2D eigenvalue weighted by Gasteiger charge is -2.01. The van der Waals surface area contributed by atoms with E-state index in [9.17, 15) is 4.39 Å². The predicted octanol–water partition coefficient (Wildman–Crippen LogP) is 3.11. The molecule has 0 spiro atoms. The highest BCUT2D eigenvalue weighted by atomic mass is 35.5. The number of hydrogen-bond acceptors (Lipinski definition) is 1. The summed E-state index contributed by atoms with van der Waals surface area (Å²) in [5.41, 5.74) is 1.51. The number of hydrogen-bond donors (Lipinski definition) is 0. The van der Waals surface area contributed by atoms with Gasteiger partial charge in [0.1, 0.15) is 5.82 Å². The van der Waals surface area contributed by atoms with Crippen LogP contribution in [0, 0.1) is 5.82 Å². The van der Waals surface area contributed by atoms with Gasteiger partial charge in [0.2, 0.25) is 0 Å². The Bertz CT molecular complexity index is 442. The van der Waals surface area contributed by atoms with E-state index in [0.29, 0.717) is 0 Å². The van der Waals surface area contributed by atoms with Crippen molar-refractivity contribution in [3.63, 3.8) is 0 Å². The number of pyridine rings is 1. The zero-order valence-electron chi connectivity index (χ0n) is 6.80. The van der Waals surface area contributed by atoms with E-state index >= 15 is 0 Å². The molecule has 0 saturated carbocycles. The molecule has 0 bridgehead atoms. The van der Waals surface area contributed by atoms with Gasteiger partial charge in [-0.15, -0.1) is 11.6 Å². The van der Waals surface area contributed by atoms with Crippen molar-refractivity contribution in [2.75, 3.05) is 0 Å². The van der Waals surface area contributed by atoms with Gasteiger partial charge in [-0.1, -0.05) is 6.07 Å². The molecule has 2 aromatic rings. The minimum absolute atomic E-state index is 0.267. The second-order valence-corrected chi connectivity index (χ2v) is 3.04. The Hall–Kier alpha value is -1.15. The monoisotopic (exact) mass is 195 g/mol. The molecular formula is C10H7ClFN. The number of rotatable bonds is 1. The maximum atomic E-state index is 13.0. The van der Waals surface area contributed by atoms with E-state index in [1.165, 1.54) is 12.1 Å². The van der Waals surface area contributed by atoms with Gasteiger partial charge in [-0.2, -0.15) is 0 Å². The van der Waals surface area contributed by atoms with E-state index in [1.54, 1.807) is 12.3 Å². The first kappa shape index (κ1) is 8.45. The minimum atomic E-state index is -0.267. The van der Waals surface area contributed by atoms with Crippen LogP contribution in [0.25, 0.3) is 10.9 Å². The van der Waals surface area contributed by atoms with E-state index in [1.807, 2.05) is 6.07 Å². The lowest BCUT2D eigenvalue weighted by Crippen LogP contribution is -1.87. The molecule has 0 fully saturated rings. The van der Waals surface area contributed by atoms with E-state index < -0.39 is 0 Å². The number of halogens is 2. The SMILES string of the molecule is Fc1cc(CCl)c2ncccc2c1. The Balaban J connectivity index is 2.81. The number of fused-ring (bicyclic) bond motifs is 1. The standard InChI is InChI=1S/C10H7ClFN/c11-6-8-5-9(12)4-7-2-1-3-13-10(7)8/h1-5H,6H2. The van der Waals surface area contributed by atoms with E-state index in [-0.39, 0.29) is 11.7 Å². The first-order valence-corrected chi connectivity index (χ1v) is 4.44. The molecule has 1 aromatic carbocycles. The van der Waals surface area contributed by atoms with Gasteiger partial charge in [0.05, 0.1) is 5.52 Å². The Kier molecular flexibility index (Phi) is 2.15. The van der Waals surface area contributed by atoms with Crippen molar-refractivity contribution in [1.29, 1.82) is 0 Å². The van der Waals surface area contributed by atoms with Gasteiger partial charge in [-0.05, 0) is 23.8 Å². The molecule has 0 aliphatic rings. The molecule has 66 valence electrons. The lowest BCUT2D eigenvalue weighted by atomic mass is 10.1. The van der Waals surface area contributed by atoms with Crippen molar-refractivity contribution in [3.8, 4) is 0 Å². The zero-order valence-corrected chi connectivity index (χ0v) is 7.55. The van der Waals surface area contributed by atoms with Crippen molar-refractivity contribution in [3.05, 3.63) is 41.8 Å². The maximum Gasteiger partial charge on any atom is 0.124 e. The van der Waals surface area contributed by atoms with Crippen LogP contribution in [0.4, 0.5) is 4.39 Å². The molecule has 1 aromatic heterocycles. The fourth-order valence-corrected chi connectivity index (χ4v) is 1.53. The summed E-state index contributed by atoms with van der Waals surface area (Å²) in [4.78, 5) is 4.14. The van der Waals surface area contributed by atoms with Crippen LogP contribution < -0.4 is 0 Å². The molecule has 0 saturated heterocycles. The van der Waals surface area contributed by atoms with E-state index in [2.05, 4.69) is 4.98 Å². The summed E-state index contributed by atoms with van der Waals surface area (Å²) >= 11 is 5.67. The quantitative estimate of drug-likeness (QED) is 0.638. The molecular weight excluding hydrogens is 189 g/mol. The summed E-state index contributed by atoms with van der Waals surface area (Å²) in [6, 6.07) is 6.47. The second kappa shape index (κ2) is 3.30. The fourth-order valence-electron chi connectivity index (χ4n) is 1.33. The van der Waals surface area contributed by atoms with Crippen LogP contribution in [0.5, 0.6) is 0 Å². The summed E-state index contributed by atoms with van der Waals surface area (Å²) in [5, 5.41) is 0.790. The summed E-state index contributed by atoms with van der Waals surface area (Å²) in [6.45, 7) is 0. The van der Waals surface area contributed by atoms with Gasteiger partial charge in [0.15, 0.2) is 0 Å².